The zero-order valence-electron chi connectivity index (χ0n) is 23.8. The maximum Gasteiger partial charge on any atom is 0.359 e. The molecule has 1 aromatic heterocycles. The van der Waals surface area contributed by atoms with Crippen LogP contribution >= 0.6 is 0 Å². The smallest absolute Gasteiger partial charge is 0.359 e. The highest BCUT2D eigenvalue weighted by molar-refractivity contribution is 5.82. The van der Waals surface area contributed by atoms with Crippen LogP contribution in [-0.4, -0.2) is 30.1 Å². The fourth-order valence-corrected chi connectivity index (χ4v) is 5.14. The van der Waals surface area contributed by atoms with E-state index < -0.39 is 0 Å². The van der Waals surface area contributed by atoms with Gasteiger partial charge in [0.2, 0.25) is 0 Å². The van der Waals surface area contributed by atoms with E-state index in [1.54, 1.807) is 4.57 Å². The van der Waals surface area contributed by atoms with Gasteiger partial charge < -0.3 is 10.1 Å². The predicted octanol–water partition coefficient (Wildman–Crippen LogP) is 6.37. The van der Waals surface area contributed by atoms with E-state index in [0.717, 1.165) is 71.1 Å². The number of rotatable bonds is 14. The first-order valence-electron chi connectivity index (χ1n) is 14.5. The maximum absolute atomic E-state index is 13.7. The first-order valence-corrected chi connectivity index (χ1v) is 14.5. The Morgan fingerprint density at radius 3 is 2.46 bits per heavy atom. The number of carbonyl (C=O) groups is 1. The van der Waals surface area contributed by atoms with Gasteiger partial charge in [-0.3, -0.25) is 5.32 Å². The van der Waals surface area contributed by atoms with E-state index in [2.05, 4.69) is 41.5 Å². The number of unbranched alkanes of at least 4 members (excludes halogenated alkanes) is 3. The number of nitrogens with zero attached hydrogens (tertiary/aromatic N) is 2. The lowest BCUT2D eigenvalue weighted by Crippen LogP contribution is -2.44. The van der Waals surface area contributed by atoms with Gasteiger partial charge in [0.25, 0.3) is 0 Å². The molecule has 1 atom stereocenters. The van der Waals surface area contributed by atoms with Crippen molar-refractivity contribution >= 4 is 11.7 Å². The molecular weight excluding hydrogens is 508 g/mol. The molecule has 0 fully saturated rings. The highest BCUT2D eigenvalue weighted by Gasteiger charge is 2.41. The second kappa shape index (κ2) is 13.8. The van der Waals surface area contributed by atoms with Crippen LogP contribution in [0.4, 0.5) is 5.82 Å². The Morgan fingerprint density at radius 2 is 1.68 bits per heavy atom. The largest absolute Gasteiger partial charge is 0.494 e. The average molecular weight is 548 g/mol. The van der Waals surface area contributed by atoms with Crippen molar-refractivity contribution in [3.05, 3.63) is 120 Å². The molecule has 6 nitrogen and oxygen atoms in total. The minimum absolute atomic E-state index is 0.0290. The number of fused-ring (bicyclic) bond motifs is 1. The summed E-state index contributed by atoms with van der Waals surface area (Å²) in [5.41, 5.74) is 5.88. The number of aromatic nitrogens is 2. The molecule has 1 unspecified atom stereocenters. The summed E-state index contributed by atoms with van der Waals surface area (Å²) < 4.78 is 7.80. The molecule has 2 N–H and O–H groups in total. The van der Waals surface area contributed by atoms with Crippen LogP contribution in [0.25, 0.3) is 11.3 Å². The second-order valence-electron chi connectivity index (χ2n) is 10.7. The summed E-state index contributed by atoms with van der Waals surface area (Å²) in [4.78, 5) is 18.7. The van der Waals surface area contributed by atoms with Gasteiger partial charge in [0.05, 0.1) is 6.61 Å². The fourth-order valence-electron chi connectivity index (χ4n) is 5.14. The third kappa shape index (κ3) is 7.60. The Morgan fingerprint density at radius 1 is 0.951 bits per heavy atom. The molecule has 0 radical (unpaired) electrons. The lowest BCUT2D eigenvalue weighted by Gasteiger charge is -2.09. The zero-order chi connectivity index (χ0) is 28.4. The molecular formula is C35H39N4O2+. The van der Waals surface area contributed by atoms with E-state index >= 15 is 0 Å². The molecule has 2 heterocycles. The van der Waals surface area contributed by atoms with Gasteiger partial charge in [-0.15, -0.1) is 0 Å². The summed E-state index contributed by atoms with van der Waals surface area (Å²) in [7, 11) is 0. The molecule has 210 valence electrons. The van der Waals surface area contributed by atoms with E-state index in [9.17, 15) is 4.79 Å². The molecule has 1 aliphatic rings. The van der Waals surface area contributed by atoms with Crippen molar-refractivity contribution in [2.75, 3.05) is 18.5 Å². The molecule has 1 aliphatic heterocycles. The van der Waals surface area contributed by atoms with Gasteiger partial charge in [-0.2, -0.15) is 4.57 Å². The van der Waals surface area contributed by atoms with E-state index in [1.165, 1.54) is 6.42 Å². The monoisotopic (exact) mass is 547 g/mol. The summed E-state index contributed by atoms with van der Waals surface area (Å²) >= 11 is 0. The van der Waals surface area contributed by atoms with Crippen molar-refractivity contribution in [1.82, 2.24) is 10.3 Å². The first-order chi connectivity index (χ1) is 20.1. The van der Waals surface area contributed by atoms with Crippen LogP contribution in [0.5, 0.6) is 5.75 Å². The number of benzene rings is 3. The van der Waals surface area contributed by atoms with Crippen LogP contribution in [0.2, 0.25) is 0 Å². The van der Waals surface area contributed by atoms with Gasteiger partial charge in [0.1, 0.15) is 23.3 Å². The Balaban J connectivity index is 1.25. The molecule has 3 aromatic carbocycles. The molecule has 41 heavy (non-hydrogen) atoms. The quantitative estimate of drug-likeness (QED) is 0.142. The van der Waals surface area contributed by atoms with Gasteiger partial charge in [0, 0.05) is 30.6 Å². The van der Waals surface area contributed by atoms with Crippen LogP contribution < -0.4 is 19.9 Å². The van der Waals surface area contributed by atoms with Crippen LogP contribution in [0.3, 0.4) is 0 Å². The molecule has 0 bridgehead atoms. The van der Waals surface area contributed by atoms with Crippen molar-refractivity contribution in [2.45, 2.75) is 51.5 Å². The van der Waals surface area contributed by atoms with Gasteiger partial charge in [-0.25, -0.2) is 9.78 Å². The molecule has 4 aromatic rings. The van der Waals surface area contributed by atoms with Crippen LogP contribution in [0.15, 0.2) is 103 Å². The van der Waals surface area contributed by atoms with Crippen molar-refractivity contribution < 1.29 is 14.1 Å². The van der Waals surface area contributed by atoms with Crippen LogP contribution in [-0.2, 0) is 12.8 Å². The van der Waals surface area contributed by atoms with Crippen LogP contribution in [0.1, 0.15) is 54.2 Å². The number of nitrogens with one attached hydrogen (secondary N) is 2. The molecule has 0 saturated carbocycles. The second-order valence-corrected chi connectivity index (χ2v) is 10.7. The van der Waals surface area contributed by atoms with E-state index in [4.69, 9.17) is 9.72 Å². The zero-order valence-corrected chi connectivity index (χ0v) is 23.8. The molecule has 5 rings (SSSR count). The van der Waals surface area contributed by atoms with Crippen molar-refractivity contribution in [3.8, 4) is 17.0 Å². The molecule has 0 amide bonds. The average Bonchev–Trinajstić information content (AvgIpc) is 3.30. The highest BCUT2D eigenvalue weighted by Crippen LogP contribution is 2.25. The topological polar surface area (TPSA) is 67.1 Å². The standard InChI is InChI=1S/C35H38N4O2/c1-26(2)36-20-11-3-4-12-21-41-30-19-13-16-28(22-30)24-32-35(40)39-25-33(29-17-9-6-10-18-29)37-31(34(39)38-32)23-27-14-7-5-8-15-27/h5-10,13-19,22,25,32,36H,1,3-4,11-12,20-21,23-24H2,2H3/p+1. The summed E-state index contributed by atoms with van der Waals surface area (Å²) in [5, 5.41) is 6.77. The SMILES string of the molecule is C=C(C)NCCCCCCOc1cccc(CC2Nc3c(Cc4ccccc4)nc(-c4ccccc4)c[n+]3C2=O)c1. The van der Waals surface area contributed by atoms with E-state index in [1.807, 2.05) is 73.8 Å². The number of hydrogen-bond donors (Lipinski definition) is 2. The minimum Gasteiger partial charge on any atom is -0.494 e. The maximum atomic E-state index is 13.7. The van der Waals surface area contributed by atoms with Crippen LogP contribution in [0, 0.1) is 0 Å². The van der Waals surface area contributed by atoms with E-state index in [0.29, 0.717) is 19.4 Å². The molecule has 0 saturated heterocycles. The summed E-state index contributed by atoms with van der Waals surface area (Å²) in [6, 6.07) is 28.0. The Hall–Kier alpha value is -4.45. The first kappa shape index (κ1) is 28.1. The lowest BCUT2D eigenvalue weighted by atomic mass is 10.1. The lowest BCUT2D eigenvalue weighted by molar-refractivity contribution is -0.552. The Bertz CT molecular complexity index is 1470. The van der Waals surface area contributed by atoms with E-state index in [-0.39, 0.29) is 11.9 Å². The minimum atomic E-state index is -0.375. The predicted molar refractivity (Wildman–Crippen MR) is 164 cm³/mol. The highest BCUT2D eigenvalue weighted by atomic mass is 16.5. The van der Waals surface area contributed by atoms with Gasteiger partial charge >= 0.3 is 11.7 Å². The van der Waals surface area contributed by atoms with Gasteiger partial charge in [-0.1, -0.05) is 92.2 Å². The summed E-state index contributed by atoms with van der Waals surface area (Å²) in [6.45, 7) is 7.52. The van der Waals surface area contributed by atoms with Crippen molar-refractivity contribution in [3.63, 3.8) is 0 Å². The number of anilines is 1. The third-order valence-corrected chi connectivity index (χ3v) is 7.26. The van der Waals surface area contributed by atoms with Crippen molar-refractivity contribution in [1.29, 1.82) is 0 Å². The summed E-state index contributed by atoms with van der Waals surface area (Å²) in [6.07, 6.45) is 7.54. The van der Waals surface area contributed by atoms with Crippen molar-refractivity contribution in [2.24, 2.45) is 0 Å². The van der Waals surface area contributed by atoms with Gasteiger partial charge in [0.15, 0.2) is 6.04 Å². The third-order valence-electron chi connectivity index (χ3n) is 7.26. The number of carbonyl (C=O) groups excluding carboxylic acids is 1. The molecule has 0 aliphatic carbocycles. The Kier molecular flexibility index (Phi) is 9.42. The fraction of sp³-hybridized carbons (Fsp3) is 0.286. The van der Waals surface area contributed by atoms with Gasteiger partial charge in [-0.05, 0) is 43.0 Å². The number of ether oxygens (including phenoxy) is 1. The number of hydrogen-bond acceptors (Lipinski definition) is 5. The number of allylic oxidation sites excluding steroid dienone is 1. The Labute approximate surface area is 243 Å². The molecule has 0 spiro atoms. The molecule has 6 heteroatoms. The normalized spacial score (nSPS) is 13.9. The summed E-state index contributed by atoms with van der Waals surface area (Å²) in [5.74, 6) is 1.65.